The van der Waals surface area contributed by atoms with Crippen LogP contribution in [0.1, 0.15) is 40.0 Å². The van der Waals surface area contributed by atoms with Gasteiger partial charge in [0.15, 0.2) is 0 Å². The zero-order chi connectivity index (χ0) is 30.3. The number of phenolic OH excluding ortho intramolecular Hbond substituents is 1. The fourth-order valence-electron chi connectivity index (χ4n) is 5.61. The smallest absolute Gasteiger partial charge is 0.320 e. The maximum absolute atomic E-state index is 13.9. The van der Waals surface area contributed by atoms with Gasteiger partial charge in [0.05, 0.1) is 47.0 Å². The van der Waals surface area contributed by atoms with Crippen molar-refractivity contribution in [3.05, 3.63) is 90.7 Å². The van der Waals surface area contributed by atoms with Gasteiger partial charge in [-0.15, -0.1) is 0 Å². The second kappa shape index (κ2) is 11.6. The second-order valence-electron chi connectivity index (χ2n) is 11.4. The fourth-order valence-corrected chi connectivity index (χ4v) is 6.42. The Balaban J connectivity index is 1.31. The minimum atomic E-state index is -0.446. The molecule has 1 N–H and O–H groups in total. The quantitative estimate of drug-likeness (QED) is 0.133. The topological polar surface area (TPSA) is 131 Å². The Labute approximate surface area is 261 Å². The van der Waals surface area contributed by atoms with Crippen molar-refractivity contribution in [2.45, 2.75) is 32.5 Å². The van der Waals surface area contributed by atoms with Crippen LogP contribution in [0.3, 0.4) is 0 Å². The Hall–Kier alpha value is -4.04. The molecule has 1 saturated carbocycles. The number of halogens is 1. The van der Waals surface area contributed by atoms with Crippen LogP contribution in [0.2, 0.25) is 0 Å². The number of nitro benzene ring substituents is 1. The predicted molar refractivity (Wildman–Crippen MR) is 167 cm³/mol. The van der Waals surface area contributed by atoms with Crippen molar-refractivity contribution < 1.29 is 24.3 Å². The number of hydrogen-bond acceptors (Lipinski definition) is 9. The van der Waals surface area contributed by atoms with Gasteiger partial charge in [0.1, 0.15) is 12.4 Å². The van der Waals surface area contributed by atoms with Crippen molar-refractivity contribution in [2.24, 2.45) is 5.41 Å². The molecule has 11 nitrogen and oxygen atoms in total. The number of carbonyl (C=O) groups is 1. The van der Waals surface area contributed by atoms with E-state index in [9.17, 15) is 20.0 Å². The van der Waals surface area contributed by atoms with Crippen molar-refractivity contribution in [1.29, 1.82) is 0 Å². The molecule has 6 rings (SSSR count). The molecule has 43 heavy (non-hydrogen) atoms. The van der Waals surface area contributed by atoms with E-state index < -0.39 is 4.92 Å². The number of nitrogens with zero attached hydrogens (tertiary/aromatic N) is 5. The maximum Gasteiger partial charge on any atom is 0.320 e. The van der Waals surface area contributed by atoms with E-state index >= 15 is 0 Å². The largest absolute Gasteiger partial charge is 0.508 e. The van der Waals surface area contributed by atoms with Crippen molar-refractivity contribution >= 4 is 45.0 Å². The number of aromatic hydroxyl groups is 1. The number of nitro groups is 1. The molecule has 0 radical (unpaired) electrons. The van der Waals surface area contributed by atoms with Gasteiger partial charge in [0.25, 0.3) is 11.6 Å². The standard InChI is InChI=1S/C31H30IN5O6/c1-35(2)17-31(10-11-31)18-43-30-33-25-15-36(29(39)22-13-21(38)12-19-7-5-8-24(32)27(19)22)14-23(25)28(34-30)42-16-20-6-3-4-9-26(20)37(40)41/h3-9,12-13,38H,10-11,14-18H2,1-2H3. The van der Waals surface area contributed by atoms with Crippen LogP contribution in [0.4, 0.5) is 5.69 Å². The third kappa shape index (κ3) is 6.07. The molecule has 12 heteroatoms. The number of phenols is 1. The van der Waals surface area contributed by atoms with Crippen LogP contribution in [0.5, 0.6) is 17.6 Å². The van der Waals surface area contributed by atoms with Gasteiger partial charge in [0, 0.05) is 27.0 Å². The minimum Gasteiger partial charge on any atom is -0.508 e. The summed E-state index contributed by atoms with van der Waals surface area (Å²) in [5, 5.41) is 23.5. The molecule has 1 fully saturated rings. The SMILES string of the molecule is CN(C)CC1(COc2nc3c(c(OCc4ccccc4[N+](=O)[O-])n2)CN(C(=O)c2cc(O)cc4cccc(I)c24)C3)CC1. The summed E-state index contributed by atoms with van der Waals surface area (Å²) >= 11 is 2.19. The first-order chi connectivity index (χ1) is 20.6. The first-order valence-corrected chi connectivity index (χ1v) is 14.9. The van der Waals surface area contributed by atoms with Crippen LogP contribution in [-0.4, -0.2) is 63.0 Å². The number of carbonyl (C=O) groups excluding carboxylic acids is 1. The lowest BCUT2D eigenvalue weighted by atomic mass is 10.0. The molecule has 4 aromatic rings. The van der Waals surface area contributed by atoms with Gasteiger partial charge >= 0.3 is 6.01 Å². The molecule has 0 spiro atoms. The molecule has 2 heterocycles. The molecule has 1 aliphatic carbocycles. The second-order valence-corrected chi connectivity index (χ2v) is 12.6. The maximum atomic E-state index is 13.9. The van der Waals surface area contributed by atoms with Gasteiger partial charge in [-0.25, -0.2) is 0 Å². The molecule has 222 valence electrons. The zero-order valence-corrected chi connectivity index (χ0v) is 25.9. The molecule has 2 aliphatic rings. The van der Waals surface area contributed by atoms with E-state index in [0.717, 1.165) is 33.7 Å². The van der Waals surface area contributed by atoms with Crippen LogP contribution >= 0.6 is 22.6 Å². The summed E-state index contributed by atoms with van der Waals surface area (Å²) in [7, 11) is 4.06. The number of amides is 1. The number of rotatable bonds is 10. The highest BCUT2D eigenvalue weighted by molar-refractivity contribution is 14.1. The Bertz CT molecular complexity index is 1740. The number of ether oxygens (including phenoxy) is 2. The Morgan fingerprint density at radius 2 is 1.91 bits per heavy atom. The summed E-state index contributed by atoms with van der Waals surface area (Å²) in [6.45, 7) is 1.61. The summed E-state index contributed by atoms with van der Waals surface area (Å²) < 4.78 is 13.1. The highest BCUT2D eigenvalue weighted by Gasteiger charge is 2.44. The van der Waals surface area contributed by atoms with Crippen molar-refractivity contribution in [1.82, 2.24) is 19.8 Å². The summed E-state index contributed by atoms with van der Waals surface area (Å²) in [5.74, 6) is -0.0375. The Kier molecular flexibility index (Phi) is 7.81. The third-order valence-corrected chi connectivity index (χ3v) is 8.72. The van der Waals surface area contributed by atoms with Crippen molar-refractivity contribution in [3.8, 4) is 17.6 Å². The van der Waals surface area contributed by atoms with Gasteiger partial charge in [-0.3, -0.25) is 14.9 Å². The minimum absolute atomic E-state index is 0.00486. The number of benzene rings is 3. The van der Waals surface area contributed by atoms with E-state index in [1.807, 2.05) is 32.3 Å². The first kappa shape index (κ1) is 29.1. The van der Waals surface area contributed by atoms with Gasteiger partial charge in [-0.1, -0.05) is 24.3 Å². The molecule has 1 aromatic heterocycles. The van der Waals surface area contributed by atoms with Gasteiger partial charge in [-0.05, 0) is 79.2 Å². The highest BCUT2D eigenvalue weighted by atomic mass is 127. The molecule has 1 amide bonds. The van der Waals surface area contributed by atoms with Gasteiger partial charge in [-0.2, -0.15) is 9.97 Å². The lowest BCUT2D eigenvalue weighted by Crippen LogP contribution is -2.28. The number of para-hydroxylation sites is 1. The molecule has 0 atom stereocenters. The lowest BCUT2D eigenvalue weighted by Gasteiger charge is -2.20. The molecule has 0 bridgehead atoms. The first-order valence-electron chi connectivity index (χ1n) is 13.9. The molecular formula is C31H30IN5O6. The zero-order valence-electron chi connectivity index (χ0n) is 23.7. The molecule has 3 aromatic carbocycles. The molecule has 0 saturated heterocycles. The fraction of sp³-hybridized carbons (Fsp3) is 0.323. The Morgan fingerprint density at radius 3 is 2.65 bits per heavy atom. The monoisotopic (exact) mass is 695 g/mol. The van der Waals surface area contributed by atoms with Crippen LogP contribution in [-0.2, 0) is 19.7 Å². The number of aromatic nitrogens is 2. The predicted octanol–water partition coefficient (Wildman–Crippen LogP) is 5.30. The summed E-state index contributed by atoms with van der Waals surface area (Å²) in [4.78, 5) is 38.0. The molecular weight excluding hydrogens is 665 g/mol. The van der Waals surface area contributed by atoms with E-state index in [4.69, 9.17) is 9.47 Å². The summed E-state index contributed by atoms with van der Waals surface area (Å²) in [5.41, 5.74) is 2.00. The third-order valence-electron chi connectivity index (χ3n) is 7.82. The number of fused-ring (bicyclic) bond motifs is 2. The van der Waals surface area contributed by atoms with E-state index in [1.165, 1.54) is 12.1 Å². The van der Waals surface area contributed by atoms with E-state index in [0.29, 0.717) is 29.0 Å². The summed E-state index contributed by atoms with van der Waals surface area (Å²) in [6.07, 6.45) is 2.10. The van der Waals surface area contributed by atoms with Crippen LogP contribution in [0.25, 0.3) is 10.8 Å². The van der Waals surface area contributed by atoms with Crippen molar-refractivity contribution in [3.63, 3.8) is 0 Å². The highest BCUT2D eigenvalue weighted by Crippen LogP contribution is 2.46. The molecule has 0 unspecified atom stereocenters. The normalized spacial score (nSPS) is 15.0. The van der Waals surface area contributed by atoms with Gasteiger partial charge < -0.3 is 24.4 Å². The average molecular weight is 696 g/mol. The molecule has 1 aliphatic heterocycles. The number of hydrogen-bond donors (Lipinski definition) is 1. The van der Waals surface area contributed by atoms with E-state index in [1.54, 1.807) is 29.2 Å². The lowest BCUT2D eigenvalue weighted by molar-refractivity contribution is -0.385. The van der Waals surface area contributed by atoms with Crippen LogP contribution in [0, 0.1) is 19.1 Å². The van der Waals surface area contributed by atoms with Crippen LogP contribution in [0.15, 0.2) is 54.6 Å². The van der Waals surface area contributed by atoms with E-state index in [-0.39, 0.29) is 54.3 Å². The van der Waals surface area contributed by atoms with Crippen molar-refractivity contribution in [2.75, 3.05) is 27.2 Å². The van der Waals surface area contributed by atoms with E-state index in [2.05, 4.69) is 37.5 Å². The van der Waals surface area contributed by atoms with Gasteiger partial charge in [0.2, 0.25) is 5.88 Å². The summed E-state index contributed by atoms with van der Waals surface area (Å²) in [6, 6.07) is 15.3. The van der Waals surface area contributed by atoms with Crippen LogP contribution < -0.4 is 9.47 Å². The Morgan fingerprint density at radius 1 is 1.12 bits per heavy atom. The average Bonchev–Trinajstić information content (AvgIpc) is 3.59.